The third kappa shape index (κ3) is 5.43. The highest BCUT2D eigenvalue weighted by atomic mass is 35.5. The number of carbonyl (C=O) groups is 1. The molecule has 7 heteroatoms. The molecule has 0 aliphatic carbocycles. The SMILES string of the molecule is CNCCC1CCN(C(=O)c2cc(SC)c(Cl)cc2Cl)CC1.Cl. The average Bonchev–Trinajstić information content (AvgIpc) is 2.53. The molecule has 0 atom stereocenters. The van der Waals surface area contributed by atoms with Crippen LogP contribution in [0.1, 0.15) is 29.6 Å². The van der Waals surface area contributed by atoms with E-state index >= 15 is 0 Å². The van der Waals surface area contributed by atoms with Crippen LogP contribution < -0.4 is 5.32 Å². The second-order valence-corrected chi connectivity index (χ2v) is 7.26. The summed E-state index contributed by atoms with van der Waals surface area (Å²) < 4.78 is 0. The van der Waals surface area contributed by atoms with Gasteiger partial charge in [0, 0.05) is 18.0 Å². The quantitative estimate of drug-likeness (QED) is 0.737. The number of nitrogens with one attached hydrogen (secondary N) is 1. The maximum atomic E-state index is 12.7. The Morgan fingerprint density at radius 3 is 2.52 bits per heavy atom. The molecule has 1 N–H and O–H groups in total. The molecule has 130 valence electrons. The van der Waals surface area contributed by atoms with Gasteiger partial charge in [0.05, 0.1) is 15.6 Å². The minimum Gasteiger partial charge on any atom is -0.339 e. The number of benzene rings is 1. The first-order valence-corrected chi connectivity index (χ1v) is 9.51. The van der Waals surface area contributed by atoms with Crippen molar-refractivity contribution >= 4 is 53.3 Å². The van der Waals surface area contributed by atoms with Crippen LogP contribution >= 0.6 is 47.4 Å². The normalized spacial score (nSPS) is 15.4. The molecule has 1 aromatic carbocycles. The van der Waals surface area contributed by atoms with Gasteiger partial charge in [0.1, 0.15) is 0 Å². The summed E-state index contributed by atoms with van der Waals surface area (Å²) in [5.41, 5.74) is 0.559. The molecule has 0 aromatic heterocycles. The second-order valence-electron chi connectivity index (χ2n) is 5.59. The number of hydrogen-bond donors (Lipinski definition) is 1. The minimum absolute atomic E-state index is 0. The molecular formula is C16H23Cl3N2OS. The summed E-state index contributed by atoms with van der Waals surface area (Å²) in [7, 11) is 1.98. The summed E-state index contributed by atoms with van der Waals surface area (Å²) in [6.07, 6.45) is 5.25. The number of halogens is 3. The van der Waals surface area contributed by atoms with Crippen LogP contribution in [0.2, 0.25) is 10.0 Å². The van der Waals surface area contributed by atoms with Crippen molar-refractivity contribution in [2.75, 3.05) is 32.9 Å². The molecule has 3 nitrogen and oxygen atoms in total. The molecule has 0 unspecified atom stereocenters. The molecule has 1 amide bonds. The van der Waals surface area contributed by atoms with Gasteiger partial charge in [-0.1, -0.05) is 23.2 Å². The Labute approximate surface area is 158 Å². The van der Waals surface area contributed by atoms with E-state index in [4.69, 9.17) is 23.2 Å². The highest BCUT2D eigenvalue weighted by Crippen LogP contribution is 2.32. The number of piperidine rings is 1. The van der Waals surface area contributed by atoms with E-state index in [-0.39, 0.29) is 18.3 Å². The molecule has 0 bridgehead atoms. The van der Waals surface area contributed by atoms with Gasteiger partial charge in [0.15, 0.2) is 0 Å². The maximum Gasteiger partial charge on any atom is 0.255 e. The molecule has 1 saturated heterocycles. The number of thioether (sulfide) groups is 1. The van der Waals surface area contributed by atoms with Gasteiger partial charge in [-0.3, -0.25) is 4.79 Å². The van der Waals surface area contributed by atoms with Crippen LogP contribution in [0.3, 0.4) is 0 Å². The van der Waals surface area contributed by atoms with Crippen molar-refractivity contribution in [2.24, 2.45) is 5.92 Å². The number of likely N-dealkylation sites (tertiary alicyclic amines) is 1. The summed E-state index contributed by atoms with van der Waals surface area (Å²) in [6.45, 7) is 2.65. The van der Waals surface area contributed by atoms with Crippen molar-refractivity contribution in [1.82, 2.24) is 10.2 Å². The molecule has 1 aliphatic heterocycles. The maximum absolute atomic E-state index is 12.7. The average molecular weight is 398 g/mol. The lowest BCUT2D eigenvalue weighted by Crippen LogP contribution is -2.39. The monoisotopic (exact) mass is 396 g/mol. The zero-order valence-corrected chi connectivity index (χ0v) is 16.5. The van der Waals surface area contributed by atoms with E-state index in [1.54, 1.807) is 6.07 Å². The fourth-order valence-electron chi connectivity index (χ4n) is 2.79. The van der Waals surface area contributed by atoms with Crippen LogP contribution in [0.5, 0.6) is 0 Å². The smallest absolute Gasteiger partial charge is 0.255 e. The first-order chi connectivity index (χ1) is 10.6. The Balaban J connectivity index is 0.00000264. The van der Waals surface area contributed by atoms with Gasteiger partial charge in [-0.05, 0) is 57.2 Å². The van der Waals surface area contributed by atoms with Crippen LogP contribution in [0.25, 0.3) is 0 Å². The Morgan fingerprint density at radius 1 is 1.30 bits per heavy atom. The topological polar surface area (TPSA) is 32.3 Å². The van der Waals surface area contributed by atoms with Crippen molar-refractivity contribution in [3.05, 3.63) is 27.7 Å². The van der Waals surface area contributed by atoms with Crippen LogP contribution in [-0.2, 0) is 0 Å². The number of hydrogen-bond acceptors (Lipinski definition) is 3. The number of carbonyl (C=O) groups excluding carboxylic acids is 1. The summed E-state index contributed by atoms with van der Waals surface area (Å²) >= 11 is 13.9. The van der Waals surface area contributed by atoms with Gasteiger partial charge in [0.25, 0.3) is 5.91 Å². The lowest BCUT2D eigenvalue weighted by atomic mass is 9.93. The molecule has 1 fully saturated rings. The molecule has 1 aromatic rings. The fourth-order valence-corrected chi connectivity index (χ4v) is 3.98. The molecular weight excluding hydrogens is 375 g/mol. The minimum atomic E-state index is 0. The standard InChI is InChI=1S/C16H22Cl2N2OS.ClH/c1-19-6-3-11-4-7-20(8-5-11)16(21)12-9-15(22-2)14(18)10-13(12)17;/h9-11,19H,3-8H2,1-2H3;1H. The molecule has 0 saturated carbocycles. The van der Waals surface area contributed by atoms with Crippen molar-refractivity contribution in [3.63, 3.8) is 0 Å². The lowest BCUT2D eigenvalue weighted by Gasteiger charge is -2.32. The van der Waals surface area contributed by atoms with Gasteiger partial charge < -0.3 is 10.2 Å². The Morgan fingerprint density at radius 2 is 1.96 bits per heavy atom. The van der Waals surface area contributed by atoms with Gasteiger partial charge in [-0.2, -0.15) is 0 Å². The van der Waals surface area contributed by atoms with Crippen molar-refractivity contribution in [2.45, 2.75) is 24.2 Å². The number of nitrogens with zero attached hydrogens (tertiary/aromatic N) is 1. The number of amides is 1. The van der Waals surface area contributed by atoms with Crippen molar-refractivity contribution in [1.29, 1.82) is 0 Å². The zero-order valence-electron chi connectivity index (χ0n) is 13.4. The van der Waals surface area contributed by atoms with E-state index in [1.165, 1.54) is 18.2 Å². The summed E-state index contributed by atoms with van der Waals surface area (Å²) in [6, 6.07) is 3.48. The van der Waals surface area contributed by atoms with E-state index < -0.39 is 0 Å². The van der Waals surface area contributed by atoms with E-state index in [0.717, 1.165) is 37.4 Å². The van der Waals surface area contributed by atoms with Crippen LogP contribution in [-0.4, -0.2) is 43.7 Å². The van der Waals surface area contributed by atoms with Gasteiger partial charge >= 0.3 is 0 Å². The molecule has 1 heterocycles. The highest BCUT2D eigenvalue weighted by molar-refractivity contribution is 7.98. The van der Waals surface area contributed by atoms with E-state index in [0.29, 0.717) is 21.5 Å². The molecule has 2 rings (SSSR count). The van der Waals surface area contributed by atoms with Gasteiger partial charge in [-0.25, -0.2) is 0 Å². The summed E-state index contributed by atoms with van der Waals surface area (Å²) in [4.78, 5) is 15.5. The Hall–Kier alpha value is -0.130. The third-order valence-corrected chi connectivity index (χ3v) is 5.69. The number of rotatable bonds is 5. The molecule has 1 aliphatic rings. The first-order valence-electron chi connectivity index (χ1n) is 7.53. The lowest BCUT2D eigenvalue weighted by molar-refractivity contribution is 0.0687. The van der Waals surface area contributed by atoms with Crippen LogP contribution in [0.4, 0.5) is 0 Å². The van der Waals surface area contributed by atoms with E-state index in [1.807, 2.05) is 24.3 Å². The second kappa shape index (κ2) is 10.00. The predicted molar refractivity (Wildman–Crippen MR) is 103 cm³/mol. The third-order valence-electron chi connectivity index (χ3n) is 4.18. The first kappa shape index (κ1) is 20.9. The summed E-state index contributed by atoms with van der Waals surface area (Å²) in [5.74, 6) is 0.725. The van der Waals surface area contributed by atoms with Crippen molar-refractivity contribution in [3.8, 4) is 0 Å². The molecule has 0 radical (unpaired) electrons. The largest absolute Gasteiger partial charge is 0.339 e. The van der Waals surface area contributed by atoms with E-state index in [9.17, 15) is 4.79 Å². The van der Waals surface area contributed by atoms with Gasteiger partial charge in [-0.15, -0.1) is 24.2 Å². The molecule has 0 spiro atoms. The fraction of sp³-hybridized carbons (Fsp3) is 0.562. The summed E-state index contributed by atoms with van der Waals surface area (Å²) in [5, 5.41) is 4.22. The highest BCUT2D eigenvalue weighted by Gasteiger charge is 2.25. The van der Waals surface area contributed by atoms with Crippen LogP contribution in [0, 0.1) is 5.92 Å². The Kier molecular flexibility index (Phi) is 9.09. The Bertz CT molecular complexity index is 534. The molecule has 23 heavy (non-hydrogen) atoms. The predicted octanol–water partition coefficient (Wildman–Crippen LogP) is 4.60. The van der Waals surface area contributed by atoms with Gasteiger partial charge in [0.2, 0.25) is 0 Å². The van der Waals surface area contributed by atoms with E-state index in [2.05, 4.69) is 5.32 Å². The zero-order chi connectivity index (χ0) is 16.1. The van der Waals surface area contributed by atoms with Crippen molar-refractivity contribution < 1.29 is 4.79 Å². The van der Waals surface area contributed by atoms with Crippen LogP contribution in [0.15, 0.2) is 17.0 Å².